The first-order valence-electron chi connectivity index (χ1n) is 9.69. The molecule has 5 heteroatoms. The molecule has 0 aliphatic heterocycles. The fourth-order valence-corrected chi connectivity index (χ4v) is 2.85. The predicted molar refractivity (Wildman–Crippen MR) is 115 cm³/mol. The number of ether oxygens (including phenoxy) is 2. The number of aromatic nitrogens is 1. The Morgan fingerprint density at radius 3 is 2.34 bits per heavy atom. The Kier molecular flexibility index (Phi) is 6.85. The largest absolute Gasteiger partial charge is 0.492 e. The number of aldehydes is 1. The lowest BCUT2D eigenvalue weighted by molar-refractivity contribution is 0.112. The molecular formula is C24H26N2O3. The lowest BCUT2D eigenvalue weighted by Gasteiger charge is -2.21. The minimum atomic E-state index is 0.482. The highest BCUT2D eigenvalue weighted by molar-refractivity contribution is 5.74. The van der Waals surface area contributed by atoms with Crippen LogP contribution in [-0.4, -0.2) is 31.5 Å². The van der Waals surface area contributed by atoms with Gasteiger partial charge < -0.3 is 14.4 Å². The monoisotopic (exact) mass is 390 g/mol. The number of rotatable bonds is 9. The molecule has 3 rings (SSSR count). The smallest absolute Gasteiger partial charge is 0.171 e. The number of hydrogen-bond donors (Lipinski definition) is 0. The van der Waals surface area contributed by atoms with Gasteiger partial charge in [-0.1, -0.05) is 26.0 Å². The van der Waals surface area contributed by atoms with Gasteiger partial charge in [0, 0.05) is 18.8 Å². The van der Waals surface area contributed by atoms with Crippen molar-refractivity contribution < 1.29 is 14.3 Å². The molecule has 0 saturated heterocycles. The van der Waals surface area contributed by atoms with E-state index in [0.717, 1.165) is 23.6 Å². The number of nitrogens with zero attached hydrogens (tertiary/aromatic N) is 2. The summed E-state index contributed by atoms with van der Waals surface area (Å²) in [5, 5.41) is 0. The fraction of sp³-hybridized carbons (Fsp3) is 0.250. The number of carbonyl (C=O) groups excluding carboxylic acids is 1. The Balaban J connectivity index is 1.61. The standard InChI is InChI=1S/C24H26N2O3/c1-18(2)20-8-12-22(13-9-20)29-23-5-4-14-25-24(23)26(3)15-16-28-21-10-6-19(17-27)7-11-21/h4-14,17-18H,15-16H2,1-3H3. The lowest BCUT2D eigenvalue weighted by Crippen LogP contribution is -2.25. The minimum absolute atomic E-state index is 0.482. The van der Waals surface area contributed by atoms with Crippen molar-refractivity contribution in [1.82, 2.24) is 4.98 Å². The van der Waals surface area contributed by atoms with E-state index in [2.05, 4.69) is 31.0 Å². The van der Waals surface area contributed by atoms with E-state index in [9.17, 15) is 4.79 Å². The van der Waals surface area contributed by atoms with E-state index in [1.807, 2.05) is 36.2 Å². The molecule has 0 bridgehead atoms. The predicted octanol–water partition coefficient (Wildman–Crippen LogP) is 5.33. The van der Waals surface area contributed by atoms with Crippen LogP contribution in [0.4, 0.5) is 5.82 Å². The maximum atomic E-state index is 10.7. The summed E-state index contributed by atoms with van der Waals surface area (Å²) in [4.78, 5) is 17.2. The molecule has 0 atom stereocenters. The van der Waals surface area contributed by atoms with Crippen molar-refractivity contribution in [3.8, 4) is 17.2 Å². The van der Waals surface area contributed by atoms with Crippen LogP contribution in [0.1, 0.15) is 35.7 Å². The van der Waals surface area contributed by atoms with Gasteiger partial charge in [-0.2, -0.15) is 0 Å². The molecule has 0 amide bonds. The van der Waals surface area contributed by atoms with E-state index < -0.39 is 0 Å². The van der Waals surface area contributed by atoms with E-state index in [-0.39, 0.29) is 0 Å². The van der Waals surface area contributed by atoms with Crippen LogP contribution < -0.4 is 14.4 Å². The summed E-state index contributed by atoms with van der Waals surface area (Å²) < 4.78 is 11.8. The SMILES string of the molecule is CC(C)c1ccc(Oc2cccnc2N(C)CCOc2ccc(C=O)cc2)cc1. The fourth-order valence-electron chi connectivity index (χ4n) is 2.85. The molecule has 0 N–H and O–H groups in total. The first-order chi connectivity index (χ1) is 14.1. The molecule has 0 radical (unpaired) electrons. The third kappa shape index (κ3) is 5.57. The molecule has 3 aromatic rings. The van der Waals surface area contributed by atoms with E-state index in [1.54, 1.807) is 30.5 Å². The summed E-state index contributed by atoms with van der Waals surface area (Å²) >= 11 is 0. The Morgan fingerprint density at radius 2 is 1.69 bits per heavy atom. The van der Waals surface area contributed by atoms with Gasteiger partial charge >= 0.3 is 0 Å². The van der Waals surface area contributed by atoms with Crippen LogP contribution in [0.2, 0.25) is 0 Å². The summed E-state index contributed by atoms with van der Waals surface area (Å²) in [6, 6.07) is 19.0. The number of anilines is 1. The summed E-state index contributed by atoms with van der Waals surface area (Å²) in [7, 11) is 1.95. The second kappa shape index (κ2) is 9.73. The van der Waals surface area contributed by atoms with Crippen LogP contribution in [0.15, 0.2) is 66.9 Å². The van der Waals surface area contributed by atoms with Gasteiger partial charge in [-0.05, 0) is 60.0 Å². The quantitative estimate of drug-likeness (QED) is 0.463. The second-order valence-corrected chi connectivity index (χ2v) is 7.11. The Hall–Kier alpha value is -3.34. The molecule has 0 saturated carbocycles. The Bertz CT molecular complexity index is 922. The van der Waals surface area contributed by atoms with Gasteiger partial charge in [0.1, 0.15) is 24.4 Å². The maximum absolute atomic E-state index is 10.7. The highest BCUT2D eigenvalue weighted by Crippen LogP contribution is 2.30. The number of likely N-dealkylation sites (N-methyl/N-ethyl adjacent to an activating group) is 1. The van der Waals surface area contributed by atoms with Crippen molar-refractivity contribution in [3.05, 3.63) is 78.0 Å². The summed E-state index contributed by atoms with van der Waals surface area (Å²) in [6.07, 6.45) is 2.57. The normalized spacial score (nSPS) is 10.6. The third-order valence-corrected chi connectivity index (χ3v) is 4.60. The van der Waals surface area contributed by atoms with Crippen LogP contribution in [0.3, 0.4) is 0 Å². The van der Waals surface area contributed by atoms with Gasteiger partial charge in [-0.3, -0.25) is 4.79 Å². The number of pyridine rings is 1. The average Bonchev–Trinajstić information content (AvgIpc) is 2.75. The molecule has 0 spiro atoms. The minimum Gasteiger partial charge on any atom is -0.492 e. The van der Waals surface area contributed by atoms with Gasteiger partial charge in [-0.25, -0.2) is 4.98 Å². The van der Waals surface area contributed by atoms with Gasteiger partial charge in [-0.15, -0.1) is 0 Å². The van der Waals surface area contributed by atoms with E-state index in [0.29, 0.717) is 30.4 Å². The highest BCUT2D eigenvalue weighted by Gasteiger charge is 2.11. The summed E-state index contributed by atoms with van der Waals surface area (Å²) in [5.74, 6) is 3.44. The van der Waals surface area contributed by atoms with Crippen LogP contribution >= 0.6 is 0 Å². The molecule has 0 aliphatic rings. The van der Waals surface area contributed by atoms with Crippen LogP contribution in [-0.2, 0) is 0 Å². The zero-order valence-corrected chi connectivity index (χ0v) is 17.0. The molecule has 1 aromatic heterocycles. The average molecular weight is 390 g/mol. The summed E-state index contributed by atoms with van der Waals surface area (Å²) in [6.45, 7) is 5.46. The topological polar surface area (TPSA) is 51.7 Å². The van der Waals surface area contributed by atoms with Crippen molar-refractivity contribution in [3.63, 3.8) is 0 Å². The van der Waals surface area contributed by atoms with Crippen LogP contribution in [0.25, 0.3) is 0 Å². The molecular weight excluding hydrogens is 364 g/mol. The lowest BCUT2D eigenvalue weighted by atomic mass is 10.0. The molecule has 2 aromatic carbocycles. The molecule has 29 heavy (non-hydrogen) atoms. The summed E-state index contributed by atoms with van der Waals surface area (Å²) in [5.41, 5.74) is 1.91. The molecule has 150 valence electrons. The van der Waals surface area contributed by atoms with Gasteiger partial charge in [0.05, 0.1) is 6.54 Å². The van der Waals surface area contributed by atoms with Crippen molar-refractivity contribution >= 4 is 12.1 Å². The Labute approximate surface area is 171 Å². The van der Waals surface area contributed by atoms with Gasteiger partial charge in [0.25, 0.3) is 0 Å². The first-order valence-corrected chi connectivity index (χ1v) is 9.69. The zero-order valence-electron chi connectivity index (χ0n) is 17.0. The zero-order chi connectivity index (χ0) is 20.6. The molecule has 0 unspecified atom stereocenters. The number of benzene rings is 2. The van der Waals surface area contributed by atoms with Crippen molar-refractivity contribution in [2.45, 2.75) is 19.8 Å². The van der Waals surface area contributed by atoms with Crippen LogP contribution in [0, 0.1) is 0 Å². The number of hydrogen-bond acceptors (Lipinski definition) is 5. The van der Waals surface area contributed by atoms with Crippen LogP contribution in [0.5, 0.6) is 17.2 Å². The van der Waals surface area contributed by atoms with Gasteiger partial charge in [0.15, 0.2) is 11.6 Å². The maximum Gasteiger partial charge on any atom is 0.171 e. The van der Waals surface area contributed by atoms with Crippen molar-refractivity contribution in [2.24, 2.45) is 0 Å². The van der Waals surface area contributed by atoms with Crippen molar-refractivity contribution in [2.75, 3.05) is 25.1 Å². The third-order valence-electron chi connectivity index (χ3n) is 4.60. The van der Waals surface area contributed by atoms with E-state index >= 15 is 0 Å². The van der Waals surface area contributed by atoms with E-state index in [1.165, 1.54) is 5.56 Å². The molecule has 0 aliphatic carbocycles. The van der Waals surface area contributed by atoms with E-state index in [4.69, 9.17) is 9.47 Å². The molecule has 0 fully saturated rings. The van der Waals surface area contributed by atoms with Crippen molar-refractivity contribution in [1.29, 1.82) is 0 Å². The van der Waals surface area contributed by atoms with Gasteiger partial charge in [0.2, 0.25) is 0 Å². The Morgan fingerprint density at radius 1 is 1.00 bits per heavy atom. The first kappa shape index (κ1) is 20.4. The second-order valence-electron chi connectivity index (χ2n) is 7.11. The number of carbonyl (C=O) groups is 1. The molecule has 5 nitrogen and oxygen atoms in total. The highest BCUT2D eigenvalue weighted by atomic mass is 16.5. The molecule has 1 heterocycles.